The van der Waals surface area contributed by atoms with Gasteiger partial charge in [0, 0.05) is 25.0 Å². The minimum absolute atomic E-state index is 0.0306. The molecule has 1 heterocycles. The van der Waals surface area contributed by atoms with Crippen LogP contribution in [0.2, 0.25) is 0 Å². The molecule has 1 aliphatic carbocycles. The standard InChI is InChI=1S/C13H23N3O2/c1-8-3-2-4-10(12(8)14)13(18)15-7-9-5-6-11(17)16-9/h8-10,12H,2-7,14H2,1H3,(H,15,18)(H,16,17). The number of hydrogen-bond donors (Lipinski definition) is 3. The quantitative estimate of drug-likeness (QED) is 0.669. The topological polar surface area (TPSA) is 84.2 Å². The van der Waals surface area contributed by atoms with Crippen LogP contribution in [-0.2, 0) is 9.59 Å². The Labute approximate surface area is 108 Å². The maximum atomic E-state index is 12.1. The predicted molar refractivity (Wildman–Crippen MR) is 68.7 cm³/mol. The van der Waals surface area contributed by atoms with E-state index in [0.717, 1.165) is 25.7 Å². The van der Waals surface area contributed by atoms with Crippen molar-refractivity contribution in [3.63, 3.8) is 0 Å². The number of carbonyl (C=O) groups is 2. The number of carbonyl (C=O) groups excluding carboxylic acids is 2. The fourth-order valence-electron chi connectivity index (χ4n) is 2.93. The Balaban J connectivity index is 1.78. The summed E-state index contributed by atoms with van der Waals surface area (Å²) in [6, 6.07) is 0.0654. The molecule has 4 unspecified atom stereocenters. The zero-order chi connectivity index (χ0) is 13.1. The highest BCUT2D eigenvalue weighted by molar-refractivity contribution is 5.80. The van der Waals surface area contributed by atoms with Gasteiger partial charge in [-0.2, -0.15) is 0 Å². The van der Waals surface area contributed by atoms with Crippen molar-refractivity contribution < 1.29 is 9.59 Å². The molecule has 1 aliphatic heterocycles. The van der Waals surface area contributed by atoms with Crippen molar-refractivity contribution in [2.45, 2.75) is 51.1 Å². The first-order chi connectivity index (χ1) is 8.58. The van der Waals surface area contributed by atoms with Crippen LogP contribution in [0.5, 0.6) is 0 Å². The smallest absolute Gasteiger partial charge is 0.224 e. The number of rotatable bonds is 3. The lowest BCUT2D eigenvalue weighted by Gasteiger charge is -2.33. The molecule has 2 amide bonds. The molecule has 1 saturated carbocycles. The van der Waals surface area contributed by atoms with E-state index in [1.165, 1.54) is 0 Å². The molecule has 102 valence electrons. The number of hydrogen-bond acceptors (Lipinski definition) is 3. The van der Waals surface area contributed by atoms with E-state index in [2.05, 4.69) is 17.6 Å². The lowest BCUT2D eigenvalue weighted by atomic mass is 9.78. The number of nitrogens with two attached hydrogens (primary N) is 1. The Hall–Kier alpha value is -1.10. The highest BCUT2D eigenvalue weighted by atomic mass is 16.2. The molecule has 2 aliphatic rings. The molecule has 0 spiro atoms. The molecular weight excluding hydrogens is 230 g/mol. The minimum atomic E-state index is -0.0640. The summed E-state index contributed by atoms with van der Waals surface area (Å²) in [4.78, 5) is 23.1. The highest BCUT2D eigenvalue weighted by Crippen LogP contribution is 2.27. The molecule has 0 bridgehead atoms. The van der Waals surface area contributed by atoms with E-state index in [1.807, 2.05) is 0 Å². The van der Waals surface area contributed by atoms with E-state index < -0.39 is 0 Å². The first kappa shape index (κ1) is 13.3. The third-order valence-electron chi connectivity index (χ3n) is 4.24. The Morgan fingerprint density at radius 3 is 2.89 bits per heavy atom. The van der Waals surface area contributed by atoms with Crippen molar-refractivity contribution in [2.75, 3.05) is 6.54 Å². The van der Waals surface area contributed by atoms with Gasteiger partial charge in [0.05, 0.1) is 5.92 Å². The van der Waals surface area contributed by atoms with E-state index in [0.29, 0.717) is 18.9 Å². The molecule has 0 aromatic heterocycles. The SMILES string of the molecule is CC1CCCC(C(=O)NCC2CCC(=O)N2)C1N. The molecular formula is C13H23N3O2. The van der Waals surface area contributed by atoms with Gasteiger partial charge in [0.1, 0.15) is 0 Å². The van der Waals surface area contributed by atoms with E-state index in [9.17, 15) is 9.59 Å². The van der Waals surface area contributed by atoms with Gasteiger partial charge < -0.3 is 16.4 Å². The first-order valence-electron chi connectivity index (χ1n) is 6.90. The van der Waals surface area contributed by atoms with Crippen LogP contribution in [0.4, 0.5) is 0 Å². The zero-order valence-electron chi connectivity index (χ0n) is 10.9. The Morgan fingerprint density at radius 1 is 1.44 bits per heavy atom. The second-order valence-corrected chi connectivity index (χ2v) is 5.64. The van der Waals surface area contributed by atoms with Crippen molar-refractivity contribution >= 4 is 11.8 Å². The predicted octanol–water partition coefficient (Wildman–Crippen LogP) is 0.145. The van der Waals surface area contributed by atoms with E-state index in [1.54, 1.807) is 0 Å². The molecule has 5 nitrogen and oxygen atoms in total. The fourth-order valence-corrected chi connectivity index (χ4v) is 2.93. The van der Waals surface area contributed by atoms with E-state index in [4.69, 9.17) is 5.73 Å². The summed E-state index contributed by atoms with van der Waals surface area (Å²) in [6.07, 6.45) is 4.46. The second-order valence-electron chi connectivity index (χ2n) is 5.64. The third kappa shape index (κ3) is 3.02. The van der Waals surface area contributed by atoms with Gasteiger partial charge in [-0.3, -0.25) is 9.59 Å². The summed E-state index contributed by atoms with van der Waals surface area (Å²) in [6.45, 7) is 2.64. The van der Waals surface area contributed by atoms with Gasteiger partial charge in [0.2, 0.25) is 11.8 Å². The fraction of sp³-hybridized carbons (Fsp3) is 0.846. The van der Waals surface area contributed by atoms with Crippen molar-refractivity contribution in [2.24, 2.45) is 17.6 Å². The maximum Gasteiger partial charge on any atom is 0.224 e. The minimum Gasteiger partial charge on any atom is -0.354 e. The van der Waals surface area contributed by atoms with Gasteiger partial charge in [-0.15, -0.1) is 0 Å². The van der Waals surface area contributed by atoms with Crippen LogP contribution in [0.3, 0.4) is 0 Å². The highest BCUT2D eigenvalue weighted by Gasteiger charge is 2.33. The first-order valence-corrected chi connectivity index (χ1v) is 6.90. The zero-order valence-corrected chi connectivity index (χ0v) is 10.9. The normalized spacial score (nSPS) is 36.2. The van der Waals surface area contributed by atoms with Crippen molar-refractivity contribution in [1.82, 2.24) is 10.6 Å². The van der Waals surface area contributed by atoms with E-state index in [-0.39, 0.29) is 29.8 Å². The molecule has 2 fully saturated rings. The summed E-state index contributed by atoms with van der Waals surface area (Å²) in [7, 11) is 0. The lowest BCUT2D eigenvalue weighted by Crippen LogP contribution is -2.49. The number of amides is 2. The Morgan fingerprint density at radius 2 is 2.22 bits per heavy atom. The molecule has 0 aromatic rings. The van der Waals surface area contributed by atoms with Crippen molar-refractivity contribution in [3.05, 3.63) is 0 Å². The van der Waals surface area contributed by atoms with Gasteiger partial charge in [0.15, 0.2) is 0 Å². The van der Waals surface area contributed by atoms with E-state index >= 15 is 0 Å². The van der Waals surface area contributed by atoms with Crippen LogP contribution in [0.25, 0.3) is 0 Å². The van der Waals surface area contributed by atoms with Gasteiger partial charge in [-0.25, -0.2) is 0 Å². The Kier molecular flexibility index (Phi) is 4.22. The molecule has 2 rings (SSSR count). The van der Waals surface area contributed by atoms with Gasteiger partial charge >= 0.3 is 0 Å². The number of nitrogens with one attached hydrogen (secondary N) is 2. The summed E-state index contributed by atoms with van der Waals surface area (Å²) in [5, 5.41) is 5.78. The monoisotopic (exact) mass is 253 g/mol. The second kappa shape index (κ2) is 5.69. The Bertz CT molecular complexity index is 332. The summed E-state index contributed by atoms with van der Waals surface area (Å²) >= 11 is 0. The van der Waals surface area contributed by atoms with Crippen LogP contribution < -0.4 is 16.4 Å². The lowest BCUT2D eigenvalue weighted by molar-refractivity contribution is -0.127. The van der Waals surface area contributed by atoms with Gasteiger partial charge in [0.25, 0.3) is 0 Å². The molecule has 0 radical (unpaired) electrons. The largest absolute Gasteiger partial charge is 0.354 e. The van der Waals surface area contributed by atoms with Crippen LogP contribution in [0.15, 0.2) is 0 Å². The van der Waals surface area contributed by atoms with Crippen LogP contribution in [-0.4, -0.2) is 30.4 Å². The third-order valence-corrected chi connectivity index (χ3v) is 4.24. The maximum absolute atomic E-state index is 12.1. The average Bonchev–Trinajstić information content (AvgIpc) is 2.76. The van der Waals surface area contributed by atoms with Crippen LogP contribution >= 0.6 is 0 Å². The van der Waals surface area contributed by atoms with Gasteiger partial charge in [-0.1, -0.05) is 13.3 Å². The summed E-state index contributed by atoms with van der Waals surface area (Å²) in [5.74, 6) is 0.485. The molecule has 1 saturated heterocycles. The molecule has 5 heteroatoms. The summed E-state index contributed by atoms with van der Waals surface area (Å²) < 4.78 is 0. The summed E-state index contributed by atoms with van der Waals surface area (Å²) in [5.41, 5.74) is 6.10. The molecule has 0 aromatic carbocycles. The van der Waals surface area contributed by atoms with Crippen LogP contribution in [0, 0.1) is 11.8 Å². The van der Waals surface area contributed by atoms with Gasteiger partial charge in [-0.05, 0) is 25.2 Å². The molecule has 18 heavy (non-hydrogen) atoms. The average molecular weight is 253 g/mol. The van der Waals surface area contributed by atoms with Crippen LogP contribution in [0.1, 0.15) is 39.0 Å². The van der Waals surface area contributed by atoms with Crippen molar-refractivity contribution in [1.29, 1.82) is 0 Å². The molecule has 4 atom stereocenters. The molecule has 4 N–H and O–H groups in total. The van der Waals surface area contributed by atoms with Crippen molar-refractivity contribution in [3.8, 4) is 0 Å².